The van der Waals surface area contributed by atoms with Crippen LogP contribution in [0.4, 0.5) is 4.39 Å². The second kappa shape index (κ2) is 6.26. The first kappa shape index (κ1) is 17.3. The number of carbonyl (C=O) groups excluding carboxylic acids is 1. The largest absolute Gasteiger partial charge is 0.480 e. The van der Waals surface area contributed by atoms with Crippen LogP contribution in [0.5, 0.6) is 5.88 Å². The van der Waals surface area contributed by atoms with Gasteiger partial charge in [0, 0.05) is 24.1 Å². The van der Waals surface area contributed by atoms with Crippen molar-refractivity contribution < 1.29 is 18.7 Å². The molecule has 3 atom stereocenters. The molecule has 140 valence electrons. The monoisotopic (exact) mass is 371 g/mol. The van der Waals surface area contributed by atoms with Gasteiger partial charge in [0.1, 0.15) is 11.8 Å². The molecule has 2 aromatic rings. The molecule has 0 aromatic carbocycles. The van der Waals surface area contributed by atoms with Crippen LogP contribution in [-0.4, -0.2) is 40.0 Å². The van der Waals surface area contributed by atoms with Gasteiger partial charge in [-0.2, -0.15) is 4.39 Å². The number of rotatable bonds is 5. The Kier molecular flexibility index (Phi) is 4.01. The molecule has 9 heteroatoms. The number of halogens is 1. The number of aromatic nitrogens is 3. The molecular formula is C18H18FN5O3. The van der Waals surface area contributed by atoms with Crippen LogP contribution in [0.25, 0.3) is 0 Å². The van der Waals surface area contributed by atoms with Gasteiger partial charge in [-0.1, -0.05) is 0 Å². The number of amidine groups is 1. The number of fused-ring (bicyclic) bond motifs is 1. The fourth-order valence-electron chi connectivity index (χ4n) is 3.43. The molecule has 0 unspecified atom stereocenters. The number of hydrogen-bond acceptors (Lipinski definition) is 8. The summed E-state index contributed by atoms with van der Waals surface area (Å²) in [7, 11) is 1.47. The lowest BCUT2D eigenvalue weighted by Gasteiger charge is -2.30. The molecule has 1 saturated carbocycles. The van der Waals surface area contributed by atoms with Crippen LogP contribution in [0.1, 0.15) is 35.0 Å². The Hall–Kier alpha value is -3.10. The molecule has 0 saturated heterocycles. The average Bonchev–Trinajstić information content (AvgIpc) is 3.43. The number of methoxy groups -OCH3 is 1. The number of ether oxygens (including phenoxy) is 2. The minimum absolute atomic E-state index is 0.0150. The highest BCUT2D eigenvalue weighted by atomic mass is 19.1. The highest BCUT2D eigenvalue weighted by molar-refractivity contribution is 5.95. The molecule has 3 heterocycles. The summed E-state index contributed by atoms with van der Waals surface area (Å²) in [6, 6.07) is 1.67. The molecule has 0 amide bonds. The van der Waals surface area contributed by atoms with E-state index in [0.717, 1.165) is 6.42 Å². The number of Topliss-reactive ketones (excluding diaryl/α,β-unsaturated/α-hetero) is 1. The summed E-state index contributed by atoms with van der Waals surface area (Å²) < 4.78 is 24.8. The van der Waals surface area contributed by atoms with Crippen molar-refractivity contribution in [3.05, 3.63) is 47.4 Å². The van der Waals surface area contributed by atoms with Crippen LogP contribution >= 0.6 is 0 Å². The number of nitrogens with zero attached hydrogens (tertiary/aromatic N) is 4. The van der Waals surface area contributed by atoms with Gasteiger partial charge in [0.25, 0.3) is 6.02 Å². The minimum atomic E-state index is -0.858. The molecular weight excluding hydrogens is 353 g/mol. The first-order chi connectivity index (χ1) is 12.9. The van der Waals surface area contributed by atoms with Crippen molar-refractivity contribution in [1.29, 1.82) is 0 Å². The number of ketones is 1. The molecule has 0 bridgehead atoms. The van der Waals surface area contributed by atoms with Crippen molar-refractivity contribution in [2.45, 2.75) is 31.4 Å². The Morgan fingerprint density at radius 1 is 1.37 bits per heavy atom. The van der Waals surface area contributed by atoms with Crippen LogP contribution in [0, 0.1) is 11.9 Å². The Morgan fingerprint density at radius 3 is 2.89 bits per heavy atom. The second-order valence-corrected chi connectivity index (χ2v) is 6.82. The maximum atomic E-state index is 14.5. The van der Waals surface area contributed by atoms with Gasteiger partial charge < -0.3 is 15.2 Å². The summed E-state index contributed by atoms with van der Waals surface area (Å²) in [5.41, 5.74) is 5.95. The fraction of sp³-hybridized carbons (Fsp3) is 0.389. The Labute approximate surface area is 154 Å². The molecule has 1 aliphatic heterocycles. The van der Waals surface area contributed by atoms with Gasteiger partial charge in [-0.25, -0.2) is 19.9 Å². The topological polar surface area (TPSA) is 113 Å². The third-order valence-corrected chi connectivity index (χ3v) is 5.00. The van der Waals surface area contributed by atoms with Crippen molar-refractivity contribution in [3.8, 4) is 5.88 Å². The first-order valence-corrected chi connectivity index (χ1v) is 8.47. The lowest BCUT2D eigenvalue weighted by molar-refractivity contribution is 0.0987. The maximum Gasteiger partial charge on any atom is 0.283 e. The van der Waals surface area contributed by atoms with Gasteiger partial charge in [-0.05, 0) is 25.0 Å². The quantitative estimate of drug-likeness (QED) is 0.624. The molecule has 2 aromatic heterocycles. The minimum Gasteiger partial charge on any atom is -0.480 e. The van der Waals surface area contributed by atoms with Crippen molar-refractivity contribution in [3.63, 3.8) is 0 Å². The van der Waals surface area contributed by atoms with E-state index in [2.05, 4.69) is 19.9 Å². The summed E-state index contributed by atoms with van der Waals surface area (Å²) in [6.07, 6.45) is 4.78. The normalized spacial score (nSPS) is 25.8. The zero-order chi connectivity index (χ0) is 19.2. The van der Waals surface area contributed by atoms with Gasteiger partial charge >= 0.3 is 0 Å². The second-order valence-electron chi connectivity index (χ2n) is 6.82. The highest BCUT2D eigenvalue weighted by Gasteiger charge is 2.57. The lowest BCUT2D eigenvalue weighted by atomic mass is 9.86. The average molecular weight is 371 g/mol. The maximum absolute atomic E-state index is 14.5. The van der Waals surface area contributed by atoms with Crippen LogP contribution < -0.4 is 10.5 Å². The van der Waals surface area contributed by atoms with E-state index in [9.17, 15) is 9.18 Å². The number of hydrogen-bond donors (Lipinski definition) is 1. The number of pyridine rings is 1. The summed E-state index contributed by atoms with van der Waals surface area (Å²) in [6.45, 7) is 1.81. The Bertz CT molecular complexity index is 933. The highest BCUT2D eigenvalue weighted by Crippen LogP contribution is 2.52. The van der Waals surface area contributed by atoms with E-state index in [1.165, 1.54) is 25.7 Å². The fourth-order valence-corrected chi connectivity index (χ4v) is 3.43. The van der Waals surface area contributed by atoms with Crippen molar-refractivity contribution >= 4 is 11.8 Å². The van der Waals surface area contributed by atoms with Gasteiger partial charge in [0.2, 0.25) is 11.8 Å². The van der Waals surface area contributed by atoms with Gasteiger partial charge in [-0.3, -0.25) is 4.79 Å². The van der Waals surface area contributed by atoms with Crippen molar-refractivity contribution in [1.82, 2.24) is 15.0 Å². The molecule has 0 radical (unpaired) electrons. The molecule has 0 spiro atoms. The predicted octanol–water partition coefficient (Wildman–Crippen LogP) is 1.39. The van der Waals surface area contributed by atoms with E-state index in [-0.39, 0.29) is 35.9 Å². The number of aliphatic imine (C=N–C) groups is 1. The molecule has 8 nitrogen and oxygen atoms in total. The molecule has 2 N–H and O–H groups in total. The van der Waals surface area contributed by atoms with Gasteiger partial charge in [-0.15, -0.1) is 0 Å². The number of carbonyl (C=O) groups is 1. The van der Waals surface area contributed by atoms with Crippen LogP contribution in [-0.2, 0) is 16.7 Å². The molecule has 1 aliphatic carbocycles. The third-order valence-electron chi connectivity index (χ3n) is 5.00. The van der Waals surface area contributed by atoms with Crippen molar-refractivity contribution in [2.75, 3.05) is 7.11 Å². The van der Waals surface area contributed by atoms with Gasteiger partial charge in [0.15, 0.2) is 5.78 Å². The Balaban J connectivity index is 1.61. The summed E-state index contributed by atoms with van der Waals surface area (Å²) in [4.78, 5) is 28.6. The SMILES string of the molecule is COc1cnc(C(=O)Cc2cnc(F)c([C@]3(C)N=C(N)O[C@H]4C[C@H]43)c2)cn1. The molecule has 27 heavy (non-hydrogen) atoms. The first-order valence-electron chi connectivity index (χ1n) is 8.47. The van der Waals surface area contributed by atoms with E-state index in [1.807, 2.05) is 6.92 Å². The van der Waals surface area contributed by atoms with E-state index < -0.39 is 11.5 Å². The van der Waals surface area contributed by atoms with Crippen LogP contribution in [0.15, 0.2) is 29.6 Å². The van der Waals surface area contributed by atoms with Crippen LogP contribution in [0.2, 0.25) is 0 Å². The standard InChI is InChI=1S/C18H18FN5O3/c1-18(10-5-14(10)27-17(20)24-18)11-3-9(6-23-16(11)19)4-13(25)12-7-22-15(26-2)8-21-12/h3,6-8,10,14H,4-5H2,1-2H3,(H2,20,24)/t10-,14+,18-/m1/s1. The zero-order valence-electron chi connectivity index (χ0n) is 14.8. The van der Waals surface area contributed by atoms with E-state index in [1.54, 1.807) is 6.07 Å². The summed E-state index contributed by atoms with van der Waals surface area (Å²) in [5, 5.41) is 0. The molecule has 2 aliphatic rings. The van der Waals surface area contributed by atoms with E-state index in [0.29, 0.717) is 17.0 Å². The smallest absolute Gasteiger partial charge is 0.283 e. The van der Waals surface area contributed by atoms with E-state index in [4.69, 9.17) is 15.2 Å². The van der Waals surface area contributed by atoms with Gasteiger partial charge in [0.05, 0.1) is 25.0 Å². The van der Waals surface area contributed by atoms with Crippen LogP contribution in [0.3, 0.4) is 0 Å². The third kappa shape index (κ3) is 3.09. The lowest BCUT2D eigenvalue weighted by Crippen LogP contribution is -2.36. The van der Waals surface area contributed by atoms with Crippen molar-refractivity contribution in [2.24, 2.45) is 16.6 Å². The molecule has 1 fully saturated rings. The predicted molar refractivity (Wildman–Crippen MR) is 92.8 cm³/mol. The zero-order valence-corrected chi connectivity index (χ0v) is 14.8. The summed E-state index contributed by atoms with van der Waals surface area (Å²) in [5.74, 6) is -0.519. The molecule has 4 rings (SSSR count). The van der Waals surface area contributed by atoms with E-state index >= 15 is 0 Å². The summed E-state index contributed by atoms with van der Waals surface area (Å²) >= 11 is 0. The number of nitrogens with two attached hydrogens (primary N) is 1. The Morgan fingerprint density at radius 2 is 2.19 bits per heavy atom.